The lowest BCUT2D eigenvalue weighted by Crippen LogP contribution is -2.23. The van der Waals surface area contributed by atoms with Crippen LogP contribution in [-0.4, -0.2) is 279 Å². The first kappa shape index (κ1) is 114. The zero-order chi connectivity index (χ0) is 108. The van der Waals surface area contributed by atoms with Gasteiger partial charge in [-0.2, -0.15) is 29.9 Å². The number of hydrogen-bond acceptors (Lipinski definition) is 45. The van der Waals surface area contributed by atoms with Crippen molar-refractivity contribution in [1.29, 1.82) is 0 Å². The van der Waals surface area contributed by atoms with E-state index in [1.165, 1.54) is 0 Å². The fourth-order valence-electron chi connectivity index (χ4n) is 13.5. The molecule has 0 aromatic carbocycles. The first-order chi connectivity index (χ1) is 71.9. The van der Waals surface area contributed by atoms with Gasteiger partial charge >= 0.3 is 0 Å². The van der Waals surface area contributed by atoms with Crippen LogP contribution in [0.25, 0.3) is 0 Å². The van der Waals surface area contributed by atoms with Gasteiger partial charge in [-0.1, -0.05) is 0 Å². The van der Waals surface area contributed by atoms with Crippen molar-refractivity contribution in [2.24, 2.45) is 21.1 Å². The number of nitrogens with two attached hydrogens (primary N) is 4. The minimum absolute atomic E-state index is 0.311. The Morgan fingerprint density at radius 2 is 0.580 bits per heavy atom. The number of nitrogens with zero attached hydrogens (tertiary/aromatic N) is 28. The molecule has 0 aliphatic heterocycles. The summed E-state index contributed by atoms with van der Waals surface area (Å²) in [6.07, 6.45) is 7.42. The van der Waals surface area contributed by atoms with E-state index in [0.29, 0.717) is 89.8 Å². The normalized spacial score (nSPS) is 10.6. The van der Waals surface area contributed by atoms with Crippen LogP contribution >= 0.6 is 0 Å². The minimum atomic E-state index is 0.311. The molecule has 0 saturated heterocycles. The van der Waals surface area contributed by atoms with Crippen LogP contribution in [0.2, 0.25) is 0 Å². The maximum absolute atomic E-state index is 5.63. The summed E-state index contributed by atoms with van der Waals surface area (Å²) in [6.45, 7) is 24.4. The molecule has 0 saturated carbocycles. The summed E-state index contributed by atoms with van der Waals surface area (Å²) in [4.78, 5) is 38.6. The lowest BCUT2D eigenvalue weighted by molar-refractivity contribution is 0.482. The predicted molar refractivity (Wildman–Crippen MR) is 581 cm³/mol. The lowest BCUT2D eigenvalue weighted by atomic mass is 10.3. The Morgan fingerprint density at radius 3 is 0.913 bits per heavy atom. The van der Waals surface area contributed by atoms with Crippen LogP contribution in [0.5, 0.6) is 0 Å². The summed E-state index contributed by atoms with van der Waals surface area (Å²) >= 11 is 0. The van der Waals surface area contributed by atoms with E-state index in [9.17, 15) is 0 Å². The minimum Gasteiger partial charge on any atom is -0.466 e. The zero-order valence-corrected chi connectivity index (χ0v) is 90.1. The maximum atomic E-state index is 5.63. The van der Waals surface area contributed by atoms with Crippen molar-refractivity contribution in [2.45, 2.75) is 120 Å². The van der Waals surface area contributed by atoms with Crippen LogP contribution in [0.15, 0.2) is 149 Å². The molecule has 18 aromatic heterocycles. The standard InChI is InChI=1S/2C12H19N5O.3C11H17N5O.3C10H15N5O.C9H13N5O/c1-9-5-6-10(18-9)7-8-17(4)12-13-11(14-15-12)16(2)3;1-9-5-6-10(18-9)7-8-13-11-14-15-12(16(2)3)17(11)4;1-8-4-5-9(17-8)6-7-15(2)11-14-13-10(12)16(11)3;1-8-4-5-9(17-8)6-7-12-10-13-11(15-14-10)16(2)3;1-8-4-5-9(17-8)6-7-16(3)11-13-10(12-2)14-15-11;1-7-3-4-8(16-7)5-6-15(2)10-12-9(11)13-14-10;1-7-3-4-8(16-7)5-6-12-10-14-13-9(11)15(10)2;1-7-3-4-8(16-7)5-6-12-10-13-9(11-2)14-15-10;1-6-2-3-7(15-6)4-5-11-9-12-8(10)13-14-9/h5-6H,7-8H2,1-4H3,(H,13,14,15);5-6H,7-8H2,1-4H3,(H,13,14);4-5H,6-7H2,1-3H3,(H2,12,13);2*4-5H,6-7H2,1-3H3,(H2,12,13,14,15);3-4H,5-6H2,1-2H3,(H3,11,12,13,14);3-4H,5-6H2,1-2H3,(H2,11,13)(H,12,14);3-4H,5-6H2,1-2H3,(H3,11,12,13,14,15);2-3H,4-5H2,1H3,(H4,10,11,12,13,14). The molecule has 54 nitrogen and oxygen atoms in total. The molecule has 0 radical (unpaired) electrons. The largest absolute Gasteiger partial charge is 0.466 e. The molecular weight excluding hydrogens is 1930 g/mol. The zero-order valence-electron chi connectivity index (χ0n) is 90.1. The number of nitrogens with one attached hydrogen (secondary N) is 13. The van der Waals surface area contributed by atoms with Gasteiger partial charge in [0, 0.05) is 222 Å². The summed E-state index contributed by atoms with van der Waals surface area (Å²) in [7, 11) is 28.5. The third-order valence-electron chi connectivity index (χ3n) is 21.8. The van der Waals surface area contributed by atoms with E-state index in [1.807, 2.05) is 302 Å². The van der Waals surface area contributed by atoms with Gasteiger partial charge in [-0.15, -0.1) is 61.2 Å². The third-order valence-corrected chi connectivity index (χ3v) is 21.8. The van der Waals surface area contributed by atoms with Crippen LogP contribution < -0.4 is 94.5 Å². The molecule has 21 N–H and O–H groups in total. The first-order valence-electron chi connectivity index (χ1n) is 48.5. The summed E-state index contributed by atoms with van der Waals surface area (Å²) < 4.78 is 54.7. The Morgan fingerprint density at radius 1 is 0.267 bits per heavy atom. The van der Waals surface area contributed by atoms with E-state index < -0.39 is 0 Å². The van der Waals surface area contributed by atoms with Crippen molar-refractivity contribution in [1.82, 2.24) is 135 Å². The molecule has 0 fully saturated rings. The number of anilines is 18. The molecule has 0 atom stereocenters. The number of aromatic amines is 6. The summed E-state index contributed by atoms with van der Waals surface area (Å²) in [5.74, 6) is 28.1. The van der Waals surface area contributed by atoms with Gasteiger partial charge in [0.25, 0.3) is 0 Å². The van der Waals surface area contributed by atoms with E-state index in [4.69, 9.17) is 62.7 Å². The molecule has 0 aliphatic carbocycles. The topological polar surface area (TPSA) is 671 Å². The smallest absolute Gasteiger partial charge is 0.246 e. The number of nitrogen functional groups attached to an aromatic ring is 4. The SMILES string of the molecule is CNc1n[nH]c(NCCc2ccc(C)o2)n1.CNc1nc(N(C)CCc2ccc(C)o2)n[nH]1.Cc1ccc(CCN(C)c2n[nH]c(N)n2)o1.Cc1ccc(CCN(C)c2nc(N(C)C)n[nH]2)o1.Cc1ccc(CCN(C)c2nnc(N)n2C)o1.Cc1ccc(CCNc2n[nH]c(N)n2)o1.Cc1ccc(CCNc2nc(N(C)C)n[nH]2)o1.Cc1ccc(CCNc2nnc(N(C)C)n2C)o1.Cc1ccc(CCNc2nnc(N)n2C)o1. The highest BCUT2D eigenvalue weighted by Gasteiger charge is 2.18. The van der Waals surface area contributed by atoms with E-state index in [-0.39, 0.29) is 0 Å². The van der Waals surface area contributed by atoms with Crippen LogP contribution in [0.1, 0.15) is 104 Å². The Labute approximate surface area is 870 Å². The second-order valence-corrected chi connectivity index (χ2v) is 35.1. The van der Waals surface area contributed by atoms with Gasteiger partial charge in [-0.05, 0) is 172 Å². The van der Waals surface area contributed by atoms with Gasteiger partial charge in [0.1, 0.15) is 104 Å². The Balaban J connectivity index is 0.000000172. The Kier molecular flexibility index (Phi) is 43.9. The van der Waals surface area contributed by atoms with E-state index in [2.05, 4.69) is 159 Å². The maximum Gasteiger partial charge on any atom is 0.246 e. The van der Waals surface area contributed by atoms with Crippen molar-refractivity contribution in [3.05, 3.63) is 213 Å². The van der Waals surface area contributed by atoms with Gasteiger partial charge in [0.15, 0.2) is 0 Å². The van der Waals surface area contributed by atoms with Gasteiger partial charge in [0.2, 0.25) is 107 Å². The van der Waals surface area contributed by atoms with Crippen molar-refractivity contribution in [3.63, 3.8) is 0 Å². The molecule has 18 aromatic rings. The molecule has 0 amide bonds. The predicted octanol–water partition coefficient (Wildman–Crippen LogP) is 11.0. The molecule has 18 heterocycles. The molecule has 0 unspecified atom stereocenters. The third kappa shape index (κ3) is 38.3. The molecule has 0 spiro atoms. The molecule has 810 valence electrons. The van der Waals surface area contributed by atoms with Gasteiger partial charge < -0.3 is 134 Å². The van der Waals surface area contributed by atoms with E-state index >= 15 is 0 Å². The van der Waals surface area contributed by atoms with Crippen LogP contribution in [0.3, 0.4) is 0 Å². The van der Waals surface area contributed by atoms with Gasteiger partial charge in [-0.25, -0.2) is 30.6 Å². The quantitative estimate of drug-likeness (QED) is 0.0169. The van der Waals surface area contributed by atoms with E-state index in [1.54, 1.807) is 23.2 Å². The number of aryl methyl sites for hydroxylation is 9. The Bertz CT molecular complexity index is 6770. The van der Waals surface area contributed by atoms with Crippen LogP contribution in [0.4, 0.5) is 107 Å². The monoisotopic (exact) mass is 2070 g/mol. The number of rotatable bonds is 41. The Hall–Kier alpha value is -17.8. The second kappa shape index (κ2) is 57.8. The van der Waals surface area contributed by atoms with Gasteiger partial charge in [0.05, 0.1) is 0 Å². The first-order valence-corrected chi connectivity index (χ1v) is 48.5. The molecule has 0 bridgehead atoms. The lowest BCUT2D eigenvalue weighted by Gasteiger charge is -2.16. The van der Waals surface area contributed by atoms with Crippen molar-refractivity contribution < 1.29 is 39.8 Å². The van der Waals surface area contributed by atoms with Crippen molar-refractivity contribution in [2.75, 3.05) is 238 Å². The summed E-state index contributed by atoms with van der Waals surface area (Å²) in [6, 6.07) is 35.6. The second-order valence-electron chi connectivity index (χ2n) is 35.1. The fourth-order valence-corrected chi connectivity index (χ4v) is 13.5. The average molecular weight is 2080 g/mol. The fraction of sp³-hybridized carbons (Fsp3) is 0.438. The molecule has 54 heteroatoms. The molecular formula is C96H147N45O9. The number of furan rings is 9. The van der Waals surface area contributed by atoms with Crippen LogP contribution in [-0.2, 0) is 78.9 Å². The van der Waals surface area contributed by atoms with Crippen molar-refractivity contribution >= 4 is 107 Å². The highest BCUT2D eigenvalue weighted by molar-refractivity contribution is 5.43. The van der Waals surface area contributed by atoms with Crippen LogP contribution in [0, 0.1) is 62.3 Å². The van der Waals surface area contributed by atoms with Gasteiger partial charge in [-0.3, -0.25) is 13.7 Å². The molecule has 150 heavy (non-hydrogen) atoms. The number of aromatic nitrogens is 27. The van der Waals surface area contributed by atoms with E-state index in [0.717, 1.165) is 238 Å². The molecule has 0 aliphatic rings. The van der Waals surface area contributed by atoms with Crippen molar-refractivity contribution in [3.8, 4) is 0 Å². The highest BCUT2D eigenvalue weighted by Crippen LogP contribution is 2.22. The number of likely N-dealkylation sites (N-methyl/N-ethyl adjacent to an activating group) is 4. The number of hydrogen-bond donors (Lipinski definition) is 17. The number of H-pyrrole nitrogens is 6. The molecule has 18 rings (SSSR count). The summed E-state index contributed by atoms with van der Waals surface area (Å²) in [5, 5.41) is 85.7. The highest BCUT2D eigenvalue weighted by atomic mass is 16.4. The average Bonchev–Trinajstić information content (AvgIpc) is 1.70. The summed E-state index contributed by atoms with van der Waals surface area (Å²) in [5.41, 5.74) is 22.0.